The third-order valence-electron chi connectivity index (χ3n) is 4.32. The molecule has 0 saturated heterocycles. The van der Waals surface area contributed by atoms with Crippen LogP contribution in [-0.4, -0.2) is 0 Å². The maximum absolute atomic E-state index is 8.79. The summed E-state index contributed by atoms with van der Waals surface area (Å²) in [5.74, 6) is -0.424. The maximum Gasteiger partial charge on any atom is 0.0311 e. The Morgan fingerprint density at radius 1 is 1.00 bits per heavy atom. The third kappa shape index (κ3) is 2.52. The van der Waals surface area contributed by atoms with Crippen LogP contribution in [0.3, 0.4) is 0 Å². The first-order valence-corrected chi connectivity index (χ1v) is 5.81. The van der Waals surface area contributed by atoms with Gasteiger partial charge in [-0.1, -0.05) is 62.3 Å². The Morgan fingerprint density at radius 2 is 1.36 bits per heavy atom. The van der Waals surface area contributed by atoms with Crippen molar-refractivity contribution in [1.82, 2.24) is 0 Å². The van der Waals surface area contributed by atoms with Gasteiger partial charge in [-0.2, -0.15) is 0 Å². The molecule has 0 saturated carbocycles. The fourth-order valence-corrected chi connectivity index (χ4v) is 2.19. The van der Waals surface area contributed by atoms with Crippen molar-refractivity contribution in [2.45, 2.75) is 68.7 Å². The fourth-order valence-electron chi connectivity index (χ4n) is 2.19. The van der Waals surface area contributed by atoms with E-state index in [2.05, 4.69) is 62.3 Å². The van der Waals surface area contributed by atoms with E-state index in [1.54, 1.807) is 0 Å². The monoisotopic (exact) mass is 199 g/mol. The van der Waals surface area contributed by atoms with Gasteiger partial charge in [0.1, 0.15) is 0 Å². The Hall–Kier alpha value is 0. The molecule has 0 aliphatic heterocycles. The molecular weight excluding hydrogens is 168 g/mol. The van der Waals surface area contributed by atoms with Crippen molar-refractivity contribution < 1.29 is 1.37 Å². The van der Waals surface area contributed by atoms with Crippen molar-refractivity contribution in [3.05, 3.63) is 0 Å². The van der Waals surface area contributed by atoms with E-state index in [-0.39, 0.29) is 16.2 Å². The van der Waals surface area contributed by atoms with Crippen molar-refractivity contribution in [2.75, 3.05) is 0 Å². The van der Waals surface area contributed by atoms with Gasteiger partial charge in [0.2, 0.25) is 0 Å². The summed E-state index contributed by atoms with van der Waals surface area (Å²) in [6.07, 6.45) is 1.05. The van der Waals surface area contributed by atoms with Crippen LogP contribution in [0.1, 0.15) is 70.1 Å². The summed E-state index contributed by atoms with van der Waals surface area (Å²) in [4.78, 5) is 0. The van der Waals surface area contributed by atoms with Gasteiger partial charge in [0.25, 0.3) is 0 Å². The molecule has 0 amide bonds. The molecule has 0 nitrogen and oxygen atoms in total. The molecule has 0 aromatic rings. The van der Waals surface area contributed by atoms with E-state index in [0.29, 0.717) is 0 Å². The van der Waals surface area contributed by atoms with Crippen molar-refractivity contribution in [1.29, 1.82) is 0 Å². The van der Waals surface area contributed by atoms with Gasteiger partial charge in [-0.05, 0) is 28.6 Å². The minimum absolute atomic E-state index is 0.00500. The highest BCUT2D eigenvalue weighted by Crippen LogP contribution is 2.52. The molecule has 2 atom stereocenters. The second-order valence-corrected chi connectivity index (χ2v) is 6.81. The average molecular weight is 199 g/mol. The van der Waals surface area contributed by atoms with Crippen LogP contribution in [0.4, 0.5) is 0 Å². The molecular formula is C14H30. The summed E-state index contributed by atoms with van der Waals surface area (Å²) in [5, 5.41) is 0. The topological polar surface area (TPSA) is 0 Å². The third-order valence-corrected chi connectivity index (χ3v) is 4.32. The van der Waals surface area contributed by atoms with E-state index < -0.39 is 5.89 Å². The zero-order valence-electron chi connectivity index (χ0n) is 12.7. The molecule has 0 N–H and O–H groups in total. The van der Waals surface area contributed by atoms with Gasteiger partial charge in [0.05, 0.1) is 0 Å². The SMILES string of the molecule is [2H]C(C)(C(C)(C)C)C(C)(CC)C(C)(C)C. The maximum atomic E-state index is 8.79. The van der Waals surface area contributed by atoms with E-state index in [1.165, 1.54) is 0 Å². The quantitative estimate of drug-likeness (QED) is 0.578. The molecule has 0 spiro atoms. The van der Waals surface area contributed by atoms with Gasteiger partial charge in [-0.3, -0.25) is 0 Å². The van der Waals surface area contributed by atoms with Crippen LogP contribution in [0.15, 0.2) is 0 Å². The van der Waals surface area contributed by atoms with Crippen LogP contribution in [0.2, 0.25) is 0 Å². The van der Waals surface area contributed by atoms with Gasteiger partial charge in [-0.15, -0.1) is 0 Å². The number of hydrogen-bond donors (Lipinski definition) is 0. The lowest BCUT2D eigenvalue weighted by molar-refractivity contribution is -0.0171. The smallest absolute Gasteiger partial charge is 0.0311 e. The second kappa shape index (κ2) is 3.87. The Bertz CT molecular complexity index is 214. The van der Waals surface area contributed by atoms with Crippen LogP contribution in [0.25, 0.3) is 0 Å². The van der Waals surface area contributed by atoms with Crippen LogP contribution < -0.4 is 0 Å². The number of hydrogen-bond acceptors (Lipinski definition) is 0. The molecule has 0 aromatic carbocycles. The summed E-state index contributed by atoms with van der Waals surface area (Å²) >= 11 is 0. The van der Waals surface area contributed by atoms with Crippen molar-refractivity contribution in [3.63, 3.8) is 0 Å². The molecule has 0 heteroatoms. The molecule has 2 unspecified atom stereocenters. The van der Waals surface area contributed by atoms with Gasteiger partial charge in [0.15, 0.2) is 0 Å². The van der Waals surface area contributed by atoms with Crippen LogP contribution >= 0.6 is 0 Å². The predicted molar refractivity (Wildman–Crippen MR) is 66.5 cm³/mol. The molecule has 0 bridgehead atoms. The van der Waals surface area contributed by atoms with Crippen molar-refractivity contribution in [2.24, 2.45) is 22.1 Å². The van der Waals surface area contributed by atoms with Crippen LogP contribution in [0, 0.1) is 22.1 Å². The minimum atomic E-state index is -0.424. The molecule has 0 radical (unpaired) electrons. The molecule has 0 heterocycles. The van der Waals surface area contributed by atoms with Crippen LogP contribution in [0.5, 0.6) is 0 Å². The minimum Gasteiger partial charge on any atom is -0.0648 e. The summed E-state index contributed by atoms with van der Waals surface area (Å²) < 4.78 is 8.79. The van der Waals surface area contributed by atoms with Gasteiger partial charge >= 0.3 is 0 Å². The first-order chi connectivity index (χ1) is 6.31. The Labute approximate surface area is 92.9 Å². The van der Waals surface area contributed by atoms with Crippen molar-refractivity contribution in [3.8, 4) is 0 Å². The van der Waals surface area contributed by atoms with Gasteiger partial charge < -0.3 is 0 Å². The van der Waals surface area contributed by atoms with Crippen LogP contribution in [-0.2, 0) is 0 Å². The molecule has 0 aliphatic carbocycles. The first kappa shape index (κ1) is 12.1. The highest BCUT2D eigenvalue weighted by Gasteiger charge is 2.44. The predicted octanol–water partition coefficient (Wildman–Crippen LogP) is 5.13. The van der Waals surface area contributed by atoms with Gasteiger partial charge in [-0.25, -0.2) is 0 Å². The highest BCUT2D eigenvalue weighted by atomic mass is 14.5. The van der Waals surface area contributed by atoms with Crippen molar-refractivity contribution >= 4 is 0 Å². The summed E-state index contributed by atoms with van der Waals surface area (Å²) in [6.45, 7) is 19.9. The lowest BCUT2D eigenvalue weighted by atomic mass is 9.54. The lowest BCUT2D eigenvalue weighted by Gasteiger charge is -2.51. The zero-order chi connectivity index (χ0) is 12.7. The first-order valence-electron chi connectivity index (χ1n) is 6.31. The number of rotatable bonds is 2. The fraction of sp³-hybridized carbons (Fsp3) is 1.00. The normalized spacial score (nSPS) is 23.6. The average Bonchev–Trinajstić information content (AvgIpc) is 1.98. The van der Waals surface area contributed by atoms with Gasteiger partial charge in [0, 0.05) is 1.37 Å². The van der Waals surface area contributed by atoms with E-state index in [9.17, 15) is 0 Å². The Morgan fingerprint density at radius 3 is 1.43 bits per heavy atom. The van der Waals surface area contributed by atoms with E-state index in [1.807, 2.05) is 0 Å². The Balaban J connectivity index is 5.50. The molecule has 0 aliphatic rings. The van der Waals surface area contributed by atoms with E-state index in [0.717, 1.165) is 6.42 Å². The largest absolute Gasteiger partial charge is 0.0648 e. The molecule has 0 rings (SSSR count). The summed E-state index contributed by atoms with van der Waals surface area (Å²) in [5.41, 5.74) is 0.189. The van der Waals surface area contributed by atoms with E-state index in [4.69, 9.17) is 1.37 Å². The molecule has 0 fully saturated rings. The second-order valence-electron chi connectivity index (χ2n) is 6.81. The molecule has 14 heavy (non-hydrogen) atoms. The molecule has 86 valence electrons. The van der Waals surface area contributed by atoms with E-state index >= 15 is 0 Å². The summed E-state index contributed by atoms with van der Waals surface area (Å²) in [7, 11) is 0. The lowest BCUT2D eigenvalue weighted by Crippen LogP contribution is -2.43. The zero-order valence-corrected chi connectivity index (χ0v) is 11.7. The summed E-state index contributed by atoms with van der Waals surface area (Å²) in [6, 6.07) is 0. The Kier molecular flexibility index (Phi) is 3.33. The highest BCUT2D eigenvalue weighted by molar-refractivity contribution is 4.93. The molecule has 0 aromatic heterocycles. The standard InChI is InChI=1S/C14H30/c1-10-14(9,13(6,7)8)11(2)12(3,4)5/h11H,10H2,1-9H3/i11D.